The van der Waals surface area contributed by atoms with Crippen LogP contribution in [0, 0.1) is 5.41 Å². The van der Waals surface area contributed by atoms with Crippen LogP contribution < -0.4 is 21.5 Å². The smallest absolute Gasteiger partial charge is 0.248 e. The first kappa shape index (κ1) is 22.7. The molecule has 2 amide bonds. The summed E-state index contributed by atoms with van der Waals surface area (Å²) in [4.78, 5) is 23.7. The maximum absolute atomic E-state index is 12.5. The van der Waals surface area contributed by atoms with Gasteiger partial charge in [-0.3, -0.25) is 9.59 Å². The Labute approximate surface area is 177 Å². The van der Waals surface area contributed by atoms with E-state index in [9.17, 15) is 9.59 Å². The quantitative estimate of drug-likeness (QED) is 0.626. The molecule has 0 saturated heterocycles. The van der Waals surface area contributed by atoms with Crippen molar-refractivity contribution in [2.75, 3.05) is 11.9 Å². The first-order valence-corrected chi connectivity index (χ1v) is 9.67. The van der Waals surface area contributed by atoms with Crippen molar-refractivity contribution in [2.24, 2.45) is 16.9 Å². The molecule has 2 aromatic rings. The lowest BCUT2D eigenvalue weighted by molar-refractivity contribution is -0.118. The Balaban J connectivity index is 0.00000300. The highest BCUT2D eigenvalue weighted by Crippen LogP contribution is 2.38. The van der Waals surface area contributed by atoms with Crippen LogP contribution in [0.1, 0.15) is 48.9 Å². The molecule has 7 heteroatoms. The van der Waals surface area contributed by atoms with Gasteiger partial charge in [0, 0.05) is 17.7 Å². The van der Waals surface area contributed by atoms with Gasteiger partial charge in [0.25, 0.3) is 0 Å². The highest BCUT2D eigenvalue weighted by molar-refractivity contribution is 5.93. The number of benzene rings is 2. The number of carbonyl (C=O) groups excluding carboxylic acids is 2. The monoisotopic (exact) mass is 417 g/mol. The molecule has 6 nitrogen and oxygen atoms in total. The number of anilines is 1. The number of hydrogen-bond donors (Lipinski definition) is 3. The van der Waals surface area contributed by atoms with Crippen LogP contribution in [-0.4, -0.2) is 18.4 Å². The van der Waals surface area contributed by atoms with Gasteiger partial charge in [-0.1, -0.05) is 25.3 Å². The van der Waals surface area contributed by atoms with Gasteiger partial charge in [-0.2, -0.15) is 0 Å². The maximum atomic E-state index is 12.5. The molecule has 0 radical (unpaired) electrons. The van der Waals surface area contributed by atoms with Gasteiger partial charge in [-0.05, 0) is 67.3 Å². The molecule has 0 unspecified atom stereocenters. The highest BCUT2D eigenvalue weighted by Gasteiger charge is 2.32. The Bertz CT molecular complexity index is 833. The first-order valence-electron chi connectivity index (χ1n) is 9.67. The van der Waals surface area contributed by atoms with Crippen molar-refractivity contribution in [3.63, 3.8) is 0 Å². The Hall–Kier alpha value is -2.57. The average Bonchev–Trinajstić information content (AvgIpc) is 2.70. The fraction of sp³-hybridized carbons (Fsp3) is 0.364. The summed E-state index contributed by atoms with van der Waals surface area (Å²) < 4.78 is 5.75. The van der Waals surface area contributed by atoms with Crippen LogP contribution in [0.25, 0.3) is 0 Å². The van der Waals surface area contributed by atoms with E-state index in [1.54, 1.807) is 48.5 Å². The van der Waals surface area contributed by atoms with Crippen molar-refractivity contribution >= 4 is 29.9 Å². The van der Waals surface area contributed by atoms with Gasteiger partial charge >= 0.3 is 0 Å². The van der Waals surface area contributed by atoms with E-state index in [2.05, 4.69) is 5.32 Å². The molecule has 0 atom stereocenters. The van der Waals surface area contributed by atoms with E-state index in [0.717, 1.165) is 25.7 Å². The van der Waals surface area contributed by atoms with Gasteiger partial charge in [0.15, 0.2) is 0 Å². The van der Waals surface area contributed by atoms with Crippen molar-refractivity contribution in [3.05, 3.63) is 54.1 Å². The largest absolute Gasteiger partial charge is 0.457 e. The van der Waals surface area contributed by atoms with Crippen LogP contribution in [0.3, 0.4) is 0 Å². The number of hydrogen-bond acceptors (Lipinski definition) is 4. The normalized spacial score (nSPS) is 15.1. The van der Waals surface area contributed by atoms with Gasteiger partial charge < -0.3 is 21.5 Å². The van der Waals surface area contributed by atoms with Gasteiger partial charge in [-0.25, -0.2) is 0 Å². The van der Waals surface area contributed by atoms with Gasteiger partial charge in [0.1, 0.15) is 11.5 Å². The lowest BCUT2D eigenvalue weighted by atomic mass is 9.71. The Kier molecular flexibility index (Phi) is 8.05. The molecular weight excluding hydrogens is 390 g/mol. The summed E-state index contributed by atoms with van der Waals surface area (Å²) in [5.74, 6) is 0.618. The van der Waals surface area contributed by atoms with Crippen LogP contribution in [0.15, 0.2) is 48.5 Å². The summed E-state index contributed by atoms with van der Waals surface area (Å²) in [5, 5.41) is 2.95. The third-order valence-corrected chi connectivity index (χ3v) is 5.38. The number of halogens is 1. The van der Waals surface area contributed by atoms with Crippen molar-refractivity contribution in [1.82, 2.24) is 0 Å². The molecule has 0 spiro atoms. The summed E-state index contributed by atoms with van der Waals surface area (Å²) in [6.07, 6.45) is 6.03. The molecule has 1 aliphatic carbocycles. The van der Waals surface area contributed by atoms with Crippen molar-refractivity contribution in [3.8, 4) is 11.5 Å². The summed E-state index contributed by atoms with van der Waals surface area (Å²) in [6, 6.07) is 13.8. The molecule has 1 aliphatic rings. The highest BCUT2D eigenvalue weighted by atomic mass is 35.5. The maximum Gasteiger partial charge on any atom is 0.248 e. The predicted molar refractivity (Wildman–Crippen MR) is 117 cm³/mol. The molecular formula is C22H28ClN3O3. The fourth-order valence-electron chi connectivity index (χ4n) is 3.76. The minimum atomic E-state index is -0.503. The Morgan fingerprint density at radius 2 is 1.69 bits per heavy atom. The van der Waals surface area contributed by atoms with Crippen LogP contribution in [0.5, 0.6) is 11.5 Å². The van der Waals surface area contributed by atoms with Gasteiger partial charge in [0.05, 0.1) is 0 Å². The van der Waals surface area contributed by atoms with E-state index in [-0.39, 0.29) is 23.7 Å². The lowest BCUT2D eigenvalue weighted by Crippen LogP contribution is -2.36. The number of ether oxygens (including phenoxy) is 1. The van der Waals surface area contributed by atoms with E-state index >= 15 is 0 Å². The molecule has 0 aromatic heterocycles. The average molecular weight is 418 g/mol. The zero-order valence-electron chi connectivity index (χ0n) is 16.4. The topological polar surface area (TPSA) is 107 Å². The number of amides is 2. The van der Waals surface area contributed by atoms with Crippen molar-refractivity contribution in [1.29, 1.82) is 0 Å². The van der Waals surface area contributed by atoms with Gasteiger partial charge in [-0.15, -0.1) is 12.4 Å². The Morgan fingerprint density at radius 1 is 1.00 bits per heavy atom. The third kappa shape index (κ3) is 6.21. The number of nitrogens with one attached hydrogen (secondary N) is 1. The number of carbonyl (C=O) groups is 2. The second-order valence-electron chi connectivity index (χ2n) is 7.51. The molecule has 1 fully saturated rings. The molecule has 3 rings (SSSR count). The number of primary amides is 1. The van der Waals surface area contributed by atoms with Gasteiger partial charge in [0.2, 0.25) is 11.8 Å². The minimum absolute atomic E-state index is 0. The number of nitrogens with two attached hydrogens (primary N) is 2. The second kappa shape index (κ2) is 10.3. The molecule has 29 heavy (non-hydrogen) atoms. The SMILES string of the molecule is Cl.NCC1(CC(=O)Nc2ccc(Oc3cccc(C(N)=O)c3)cc2)CCCCC1. The van der Waals surface area contributed by atoms with Crippen LogP contribution in [0.4, 0.5) is 5.69 Å². The fourth-order valence-corrected chi connectivity index (χ4v) is 3.76. The summed E-state index contributed by atoms with van der Waals surface area (Å²) in [6.45, 7) is 0.553. The van der Waals surface area contributed by atoms with E-state index in [1.165, 1.54) is 6.42 Å². The van der Waals surface area contributed by atoms with Crippen LogP contribution in [-0.2, 0) is 4.79 Å². The zero-order chi connectivity index (χ0) is 20.0. The molecule has 156 valence electrons. The molecule has 1 saturated carbocycles. The summed E-state index contributed by atoms with van der Waals surface area (Å²) >= 11 is 0. The number of rotatable bonds is 7. The molecule has 0 bridgehead atoms. The lowest BCUT2D eigenvalue weighted by Gasteiger charge is -2.35. The predicted octanol–water partition coefficient (Wildman–Crippen LogP) is 4.24. The minimum Gasteiger partial charge on any atom is -0.457 e. The van der Waals surface area contributed by atoms with Crippen molar-refractivity contribution < 1.29 is 14.3 Å². The van der Waals surface area contributed by atoms with Crippen molar-refractivity contribution in [2.45, 2.75) is 38.5 Å². The van der Waals surface area contributed by atoms with Crippen LogP contribution >= 0.6 is 12.4 Å². The second-order valence-corrected chi connectivity index (χ2v) is 7.51. The van der Waals surface area contributed by atoms with E-state index < -0.39 is 5.91 Å². The molecule has 5 N–H and O–H groups in total. The standard InChI is InChI=1S/C22H27N3O3.ClH/c23-15-22(11-2-1-3-12-22)14-20(26)25-17-7-9-18(10-8-17)28-19-6-4-5-16(13-19)21(24)27;/h4-10,13H,1-3,11-12,14-15,23H2,(H2,24,27)(H,25,26);1H. The molecule has 0 heterocycles. The third-order valence-electron chi connectivity index (χ3n) is 5.38. The van der Waals surface area contributed by atoms with E-state index in [4.69, 9.17) is 16.2 Å². The molecule has 2 aromatic carbocycles. The van der Waals surface area contributed by atoms with Crippen LogP contribution in [0.2, 0.25) is 0 Å². The molecule has 0 aliphatic heterocycles. The first-order chi connectivity index (χ1) is 13.5. The summed E-state index contributed by atoms with van der Waals surface area (Å²) in [7, 11) is 0. The Morgan fingerprint density at radius 3 is 2.31 bits per heavy atom. The van der Waals surface area contributed by atoms with E-state index in [1.807, 2.05) is 0 Å². The summed E-state index contributed by atoms with van der Waals surface area (Å²) in [5.41, 5.74) is 12.3. The zero-order valence-corrected chi connectivity index (χ0v) is 17.2. The van der Waals surface area contributed by atoms with E-state index in [0.29, 0.717) is 35.7 Å².